The Hall–Kier alpha value is -1.86. The average molecular weight is 489 g/mol. The Morgan fingerprint density at radius 2 is 1.83 bits per heavy atom. The maximum Gasteiger partial charge on any atom is 0.149 e. The molecule has 3 nitrogen and oxygen atoms in total. The number of hydrogen-bond donors (Lipinski definition) is 0. The fourth-order valence-electron chi connectivity index (χ4n) is 3.07. The summed E-state index contributed by atoms with van der Waals surface area (Å²) in [5.41, 5.74) is 4.78. The summed E-state index contributed by atoms with van der Waals surface area (Å²) in [6, 6.07) is 18.4. The number of aromatic nitrogens is 2. The third-order valence-corrected chi connectivity index (χ3v) is 5.80. The van der Waals surface area contributed by atoms with Gasteiger partial charge < -0.3 is 4.42 Å². The van der Waals surface area contributed by atoms with Gasteiger partial charge in [0.25, 0.3) is 0 Å². The van der Waals surface area contributed by atoms with Crippen LogP contribution >= 0.6 is 38.5 Å². The van der Waals surface area contributed by atoms with Crippen LogP contribution in [0.2, 0.25) is 0 Å². The smallest absolute Gasteiger partial charge is 0.149 e. The van der Waals surface area contributed by atoms with Gasteiger partial charge in [0.15, 0.2) is 0 Å². The molecule has 3 heterocycles. The van der Waals surface area contributed by atoms with Crippen molar-refractivity contribution in [2.24, 2.45) is 0 Å². The van der Waals surface area contributed by atoms with E-state index in [1.807, 2.05) is 42.6 Å². The van der Waals surface area contributed by atoms with Crippen LogP contribution < -0.4 is 0 Å². The Balaban J connectivity index is 1.85. The molecule has 0 amide bonds. The molecule has 0 atom stereocenters. The first kappa shape index (κ1) is 14.5. The standard InChI is InChI=1S/C19H10BrIN2O/c20-14-10-11(17-19(21)23-8-4-3-7-16(23)22-17)9-13-12-5-1-2-6-15(12)24-18(13)14/h1-10H. The molecule has 0 unspecified atom stereocenters. The monoisotopic (exact) mass is 488 g/mol. The van der Waals surface area contributed by atoms with E-state index in [0.29, 0.717) is 0 Å². The average Bonchev–Trinajstić information content (AvgIpc) is 3.14. The van der Waals surface area contributed by atoms with Gasteiger partial charge in [0, 0.05) is 22.5 Å². The molecule has 0 aliphatic rings. The van der Waals surface area contributed by atoms with Gasteiger partial charge in [0.2, 0.25) is 0 Å². The molecule has 0 radical (unpaired) electrons. The predicted octanol–water partition coefficient (Wildman–Crippen LogP) is 6.27. The van der Waals surface area contributed by atoms with Crippen molar-refractivity contribution < 1.29 is 4.42 Å². The fraction of sp³-hybridized carbons (Fsp3) is 0. The van der Waals surface area contributed by atoms with Gasteiger partial charge in [0.1, 0.15) is 26.2 Å². The highest BCUT2D eigenvalue weighted by atomic mass is 127. The van der Waals surface area contributed by atoms with Crippen molar-refractivity contribution in [2.45, 2.75) is 0 Å². The van der Waals surface area contributed by atoms with E-state index in [4.69, 9.17) is 9.40 Å². The van der Waals surface area contributed by atoms with E-state index in [-0.39, 0.29) is 0 Å². The van der Waals surface area contributed by atoms with Crippen LogP contribution in [-0.2, 0) is 0 Å². The molecule has 24 heavy (non-hydrogen) atoms. The van der Waals surface area contributed by atoms with E-state index in [2.05, 4.69) is 61.1 Å². The normalized spacial score (nSPS) is 11.8. The fourth-order valence-corrected chi connectivity index (χ4v) is 4.45. The molecule has 2 aromatic carbocycles. The number of nitrogens with zero attached hydrogens (tertiary/aromatic N) is 2. The molecule has 5 aromatic rings. The number of imidazole rings is 1. The van der Waals surface area contributed by atoms with Gasteiger partial charge in [-0.15, -0.1) is 0 Å². The first-order valence-corrected chi connectivity index (χ1v) is 9.33. The van der Waals surface area contributed by atoms with Crippen molar-refractivity contribution in [1.29, 1.82) is 0 Å². The Bertz CT molecular complexity index is 1240. The van der Waals surface area contributed by atoms with Crippen molar-refractivity contribution in [1.82, 2.24) is 9.38 Å². The molecular weight excluding hydrogens is 479 g/mol. The molecule has 0 fully saturated rings. The Kier molecular flexibility index (Phi) is 3.21. The summed E-state index contributed by atoms with van der Waals surface area (Å²) in [4.78, 5) is 4.80. The van der Waals surface area contributed by atoms with Crippen LogP contribution in [0, 0.1) is 3.70 Å². The third-order valence-electron chi connectivity index (χ3n) is 4.18. The number of halogens is 2. The predicted molar refractivity (Wildman–Crippen MR) is 108 cm³/mol. The van der Waals surface area contributed by atoms with Gasteiger partial charge in [-0.25, -0.2) is 4.98 Å². The zero-order chi connectivity index (χ0) is 16.3. The highest BCUT2D eigenvalue weighted by Crippen LogP contribution is 2.38. The van der Waals surface area contributed by atoms with Crippen molar-refractivity contribution in [3.63, 3.8) is 0 Å². The summed E-state index contributed by atoms with van der Waals surface area (Å²) in [6.07, 6.45) is 2.04. The first-order chi connectivity index (χ1) is 11.7. The number of rotatable bonds is 1. The largest absolute Gasteiger partial charge is 0.455 e. The van der Waals surface area contributed by atoms with E-state index >= 15 is 0 Å². The van der Waals surface area contributed by atoms with Crippen molar-refractivity contribution >= 4 is 66.1 Å². The minimum absolute atomic E-state index is 0.874. The molecule has 0 N–H and O–H groups in total. The summed E-state index contributed by atoms with van der Waals surface area (Å²) in [7, 11) is 0. The summed E-state index contributed by atoms with van der Waals surface area (Å²) >= 11 is 6.01. The van der Waals surface area contributed by atoms with Crippen LogP contribution in [0.5, 0.6) is 0 Å². The van der Waals surface area contributed by atoms with Crippen LogP contribution in [0.3, 0.4) is 0 Å². The molecule has 5 heteroatoms. The quantitative estimate of drug-likeness (QED) is 0.260. The summed E-state index contributed by atoms with van der Waals surface area (Å²) in [5, 5.41) is 2.22. The summed E-state index contributed by atoms with van der Waals surface area (Å²) in [5.74, 6) is 0. The Morgan fingerprint density at radius 3 is 2.71 bits per heavy atom. The van der Waals surface area contributed by atoms with Gasteiger partial charge in [0.05, 0.1) is 4.47 Å². The van der Waals surface area contributed by atoms with Gasteiger partial charge in [-0.1, -0.05) is 24.3 Å². The second-order valence-electron chi connectivity index (χ2n) is 5.61. The lowest BCUT2D eigenvalue weighted by atomic mass is 10.1. The number of hydrogen-bond acceptors (Lipinski definition) is 2. The van der Waals surface area contributed by atoms with Crippen molar-refractivity contribution in [3.05, 3.63) is 69.0 Å². The molecule has 5 rings (SSSR count). The first-order valence-electron chi connectivity index (χ1n) is 7.46. The molecule has 0 aliphatic carbocycles. The SMILES string of the molecule is Brc1cc(-c2nc3ccccn3c2I)cc2c1oc1ccccc12. The Labute approximate surface area is 159 Å². The molecule has 0 aliphatic heterocycles. The molecule has 0 saturated carbocycles. The third kappa shape index (κ3) is 2.04. The van der Waals surface area contributed by atoms with E-state index < -0.39 is 0 Å². The molecular formula is C19H10BrIN2O. The number of fused-ring (bicyclic) bond motifs is 4. The van der Waals surface area contributed by atoms with Crippen molar-refractivity contribution in [2.75, 3.05) is 0 Å². The minimum atomic E-state index is 0.874. The topological polar surface area (TPSA) is 30.4 Å². The zero-order valence-electron chi connectivity index (χ0n) is 12.3. The molecule has 0 spiro atoms. The molecule has 0 bridgehead atoms. The van der Waals surface area contributed by atoms with Crippen LogP contribution in [0.1, 0.15) is 0 Å². The summed E-state index contributed by atoms with van der Waals surface area (Å²) < 4.78 is 10.1. The van der Waals surface area contributed by atoms with E-state index in [9.17, 15) is 0 Å². The highest BCUT2D eigenvalue weighted by molar-refractivity contribution is 14.1. The lowest BCUT2D eigenvalue weighted by Crippen LogP contribution is -1.86. The summed E-state index contributed by atoms with van der Waals surface area (Å²) in [6.45, 7) is 0. The van der Waals surface area contributed by atoms with E-state index in [1.165, 1.54) is 0 Å². The second kappa shape index (κ2) is 5.32. The maximum absolute atomic E-state index is 5.99. The van der Waals surface area contributed by atoms with Gasteiger partial charge >= 0.3 is 0 Å². The Morgan fingerprint density at radius 1 is 1.00 bits per heavy atom. The van der Waals surface area contributed by atoms with Crippen LogP contribution in [0.25, 0.3) is 38.8 Å². The van der Waals surface area contributed by atoms with Gasteiger partial charge in [-0.3, -0.25) is 4.40 Å². The lowest BCUT2D eigenvalue weighted by Gasteiger charge is -2.01. The lowest BCUT2D eigenvalue weighted by molar-refractivity contribution is 0.667. The number of furan rings is 1. The van der Waals surface area contributed by atoms with Crippen LogP contribution in [-0.4, -0.2) is 9.38 Å². The number of pyridine rings is 1. The van der Waals surface area contributed by atoms with Crippen molar-refractivity contribution in [3.8, 4) is 11.3 Å². The van der Waals surface area contributed by atoms with Crippen LogP contribution in [0.15, 0.2) is 69.7 Å². The molecule has 116 valence electrons. The van der Waals surface area contributed by atoms with E-state index in [1.54, 1.807) is 0 Å². The minimum Gasteiger partial charge on any atom is -0.455 e. The number of benzene rings is 2. The van der Waals surface area contributed by atoms with Gasteiger partial charge in [-0.05, 0) is 68.9 Å². The second-order valence-corrected chi connectivity index (χ2v) is 7.49. The molecule has 0 saturated heterocycles. The van der Waals surface area contributed by atoms with Gasteiger partial charge in [-0.2, -0.15) is 0 Å². The van der Waals surface area contributed by atoms with E-state index in [0.717, 1.165) is 47.0 Å². The highest BCUT2D eigenvalue weighted by Gasteiger charge is 2.16. The maximum atomic E-state index is 5.99. The van der Waals surface area contributed by atoms with Crippen LogP contribution in [0.4, 0.5) is 0 Å². The zero-order valence-corrected chi connectivity index (χ0v) is 16.1. The molecule has 3 aromatic heterocycles. The number of para-hydroxylation sites is 1.